The summed E-state index contributed by atoms with van der Waals surface area (Å²) in [6.45, 7) is 6.85. The maximum absolute atomic E-state index is 6.07. The number of nitrogens with one attached hydrogen (secondary N) is 2. The van der Waals surface area contributed by atoms with Crippen molar-refractivity contribution in [3.8, 4) is 28.1 Å². The Morgan fingerprint density at radius 2 is 1.79 bits per heavy atom. The number of fused-ring (bicyclic) bond motifs is 9. The zero-order valence-corrected chi connectivity index (χ0v) is 19.4. The van der Waals surface area contributed by atoms with E-state index in [2.05, 4.69) is 76.6 Å². The van der Waals surface area contributed by atoms with E-state index in [0.717, 1.165) is 50.9 Å². The van der Waals surface area contributed by atoms with Gasteiger partial charge in [-0.05, 0) is 47.7 Å². The SMILES string of the molecule is Cc1nc2c([nH]1)COc1cc(-c3ccc4c(c3)c3sccc3c3nc(C(C)C)[nH]c43)ccc1-2. The highest BCUT2D eigenvalue weighted by molar-refractivity contribution is 7.18. The fourth-order valence-electron chi connectivity index (χ4n) is 4.92. The van der Waals surface area contributed by atoms with Gasteiger partial charge in [0.2, 0.25) is 0 Å². The molecule has 5 nitrogen and oxygen atoms in total. The summed E-state index contributed by atoms with van der Waals surface area (Å²) < 4.78 is 7.36. The monoisotopic (exact) mass is 450 g/mol. The number of thiophene rings is 1. The molecule has 3 aromatic carbocycles. The van der Waals surface area contributed by atoms with Crippen LogP contribution in [0.2, 0.25) is 0 Å². The Morgan fingerprint density at radius 3 is 2.67 bits per heavy atom. The Morgan fingerprint density at radius 1 is 0.939 bits per heavy atom. The molecule has 0 radical (unpaired) electrons. The molecular formula is C27H22N4OS. The second-order valence-electron chi connectivity index (χ2n) is 9.07. The van der Waals surface area contributed by atoms with Crippen molar-refractivity contribution < 1.29 is 4.74 Å². The van der Waals surface area contributed by atoms with Gasteiger partial charge < -0.3 is 14.7 Å². The maximum Gasteiger partial charge on any atom is 0.130 e. The minimum Gasteiger partial charge on any atom is -0.487 e. The second kappa shape index (κ2) is 6.68. The van der Waals surface area contributed by atoms with Crippen LogP contribution < -0.4 is 4.74 Å². The van der Waals surface area contributed by atoms with E-state index in [-0.39, 0.29) is 0 Å². The largest absolute Gasteiger partial charge is 0.487 e. The first-order chi connectivity index (χ1) is 16.1. The fraction of sp³-hybridized carbons (Fsp3) is 0.185. The zero-order chi connectivity index (χ0) is 22.3. The standard InChI is InChI=1S/C27H22N4OS/c1-13(2)27-30-24-17-6-4-15(10-20(17)26-19(8-9-33-26)25(24)31-27)16-5-7-18-22(11-16)32-12-21-23(18)29-14(3)28-21/h4-11,13H,12H2,1-3H3,(H,28,29)(H,30,31). The van der Waals surface area contributed by atoms with E-state index in [1.165, 1.54) is 26.4 Å². The summed E-state index contributed by atoms with van der Waals surface area (Å²) in [6.07, 6.45) is 0. The number of hydrogen-bond donors (Lipinski definition) is 2. The average molecular weight is 451 g/mol. The second-order valence-corrected chi connectivity index (χ2v) is 9.99. The van der Waals surface area contributed by atoms with E-state index in [4.69, 9.17) is 9.72 Å². The summed E-state index contributed by atoms with van der Waals surface area (Å²) in [5.74, 6) is 3.20. The summed E-state index contributed by atoms with van der Waals surface area (Å²) in [6, 6.07) is 15.4. The molecule has 0 amide bonds. The summed E-state index contributed by atoms with van der Waals surface area (Å²) in [5.41, 5.74) is 7.61. The van der Waals surface area contributed by atoms with Gasteiger partial charge in [-0.1, -0.05) is 32.0 Å². The van der Waals surface area contributed by atoms with Crippen molar-refractivity contribution in [2.75, 3.05) is 0 Å². The van der Waals surface area contributed by atoms with Crippen LogP contribution in [0.1, 0.15) is 37.1 Å². The Hall–Kier alpha value is -3.64. The first kappa shape index (κ1) is 18.9. The van der Waals surface area contributed by atoms with E-state index in [1.807, 2.05) is 6.92 Å². The molecule has 33 heavy (non-hydrogen) atoms. The van der Waals surface area contributed by atoms with E-state index in [9.17, 15) is 0 Å². The number of imidazole rings is 2. The lowest BCUT2D eigenvalue weighted by molar-refractivity contribution is 0.298. The molecular weight excluding hydrogens is 428 g/mol. The molecule has 0 atom stereocenters. The van der Waals surface area contributed by atoms with Crippen molar-refractivity contribution in [1.82, 2.24) is 19.9 Å². The van der Waals surface area contributed by atoms with Gasteiger partial charge in [-0.2, -0.15) is 0 Å². The highest BCUT2D eigenvalue weighted by Gasteiger charge is 2.22. The molecule has 0 unspecified atom stereocenters. The van der Waals surface area contributed by atoms with Crippen LogP contribution in [-0.2, 0) is 6.61 Å². The molecule has 3 aromatic heterocycles. The lowest BCUT2D eigenvalue weighted by atomic mass is 9.97. The van der Waals surface area contributed by atoms with Crippen LogP contribution >= 0.6 is 11.3 Å². The lowest BCUT2D eigenvalue weighted by Gasteiger charge is -2.18. The van der Waals surface area contributed by atoms with Gasteiger partial charge in [0.1, 0.15) is 24.0 Å². The third-order valence-corrected chi connectivity index (χ3v) is 7.51. The van der Waals surface area contributed by atoms with Crippen LogP contribution in [0.3, 0.4) is 0 Å². The molecule has 0 fully saturated rings. The number of ether oxygens (including phenoxy) is 1. The minimum atomic E-state index is 0.356. The average Bonchev–Trinajstić information content (AvgIpc) is 3.55. The molecule has 0 saturated heterocycles. The normalized spacial score (nSPS) is 13.1. The number of nitrogens with zero attached hydrogens (tertiary/aromatic N) is 2. The summed E-state index contributed by atoms with van der Waals surface area (Å²) in [4.78, 5) is 16.5. The fourth-order valence-corrected chi connectivity index (χ4v) is 5.85. The Kier molecular flexibility index (Phi) is 3.82. The van der Waals surface area contributed by atoms with E-state index >= 15 is 0 Å². The summed E-state index contributed by atoms with van der Waals surface area (Å²) in [5, 5.41) is 5.86. The molecule has 2 N–H and O–H groups in total. The van der Waals surface area contributed by atoms with Gasteiger partial charge in [0.15, 0.2) is 0 Å². The van der Waals surface area contributed by atoms with Crippen molar-refractivity contribution in [2.45, 2.75) is 33.3 Å². The van der Waals surface area contributed by atoms with Gasteiger partial charge in [-0.25, -0.2) is 9.97 Å². The third-order valence-electron chi connectivity index (χ3n) is 6.56. The smallest absolute Gasteiger partial charge is 0.130 e. The molecule has 0 bridgehead atoms. The van der Waals surface area contributed by atoms with Gasteiger partial charge in [-0.3, -0.25) is 0 Å². The quantitative estimate of drug-likeness (QED) is 0.291. The van der Waals surface area contributed by atoms with Gasteiger partial charge in [0, 0.05) is 32.3 Å². The molecule has 7 rings (SSSR count). The Balaban J connectivity index is 1.42. The summed E-state index contributed by atoms with van der Waals surface area (Å²) in [7, 11) is 0. The summed E-state index contributed by atoms with van der Waals surface area (Å²) >= 11 is 1.78. The molecule has 0 saturated carbocycles. The third kappa shape index (κ3) is 2.70. The van der Waals surface area contributed by atoms with Crippen molar-refractivity contribution in [1.29, 1.82) is 0 Å². The van der Waals surface area contributed by atoms with Gasteiger partial charge in [0.05, 0.1) is 22.4 Å². The highest BCUT2D eigenvalue weighted by Crippen LogP contribution is 2.42. The minimum absolute atomic E-state index is 0.356. The Labute approximate surface area is 194 Å². The van der Waals surface area contributed by atoms with Crippen molar-refractivity contribution in [3.63, 3.8) is 0 Å². The van der Waals surface area contributed by atoms with Crippen LogP contribution in [0.4, 0.5) is 0 Å². The van der Waals surface area contributed by atoms with Crippen molar-refractivity contribution in [3.05, 3.63) is 65.2 Å². The van der Waals surface area contributed by atoms with Gasteiger partial charge >= 0.3 is 0 Å². The molecule has 0 spiro atoms. The van der Waals surface area contributed by atoms with Crippen LogP contribution in [-0.4, -0.2) is 19.9 Å². The number of H-pyrrole nitrogens is 2. The van der Waals surface area contributed by atoms with E-state index in [0.29, 0.717) is 12.5 Å². The van der Waals surface area contributed by atoms with Crippen LogP contribution in [0, 0.1) is 6.92 Å². The van der Waals surface area contributed by atoms with Gasteiger partial charge in [0.25, 0.3) is 0 Å². The molecule has 6 heteroatoms. The van der Waals surface area contributed by atoms with Gasteiger partial charge in [-0.15, -0.1) is 11.3 Å². The van der Waals surface area contributed by atoms with Crippen LogP contribution in [0.15, 0.2) is 47.8 Å². The number of rotatable bonds is 2. The number of aryl methyl sites for hydroxylation is 1. The first-order valence-corrected chi connectivity index (χ1v) is 12.1. The molecule has 0 aliphatic carbocycles. The zero-order valence-electron chi connectivity index (χ0n) is 18.6. The Bertz CT molecular complexity index is 1720. The van der Waals surface area contributed by atoms with Crippen molar-refractivity contribution >= 4 is 43.2 Å². The molecule has 6 aromatic rings. The number of benzene rings is 3. The number of aromatic amines is 2. The first-order valence-electron chi connectivity index (χ1n) is 11.2. The maximum atomic E-state index is 6.07. The predicted octanol–water partition coefficient (Wildman–Crippen LogP) is 7.31. The van der Waals surface area contributed by atoms with E-state index in [1.54, 1.807) is 11.3 Å². The molecule has 4 heterocycles. The van der Waals surface area contributed by atoms with Crippen LogP contribution in [0.25, 0.3) is 54.3 Å². The highest BCUT2D eigenvalue weighted by atomic mass is 32.1. The van der Waals surface area contributed by atoms with Crippen molar-refractivity contribution in [2.24, 2.45) is 0 Å². The molecule has 1 aliphatic rings. The topological polar surface area (TPSA) is 66.6 Å². The van der Waals surface area contributed by atoms with E-state index < -0.39 is 0 Å². The molecule has 1 aliphatic heterocycles. The lowest BCUT2D eigenvalue weighted by Crippen LogP contribution is -2.05. The van der Waals surface area contributed by atoms with Crippen LogP contribution in [0.5, 0.6) is 5.75 Å². The number of aromatic nitrogens is 4. The number of hydrogen-bond acceptors (Lipinski definition) is 4. The molecule has 162 valence electrons. The predicted molar refractivity (Wildman–Crippen MR) is 135 cm³/mol.